The largest absolute Gasteiger partial charge is 0.340 e. The molecule has 2 aromatic carbocycles. The zero-order valence-electron chi connectivity index (χ0n) is 13.7. The Morgan fingerprint density at radius 2 is 1.74 bits per heavy atom. The van der Waals surface area contributed by atoms with E-state index in [2.05, 4.69) is 0 Å². The predicted octanol–water partition coefficient (Wildman–Crippen LogP) is 1.94. The number of nitrogens with one attached hydrogen (secondary N) is 1. The SMILES string of the molecule is Cn1c(=O)[nH]c(=O)n(-c2ccc(Sc3ccc([N+](=O)[O-])cc3)c(Cl)c2)c1=O. The van der Waals surface area contributed by atoms with Crippen LogP contribution in [0.3, 0.4) is 0 Å². The number of nitro groups is 1. The first-order valence-corrected chi connectivity index (χ1v) is 8.62. The Hall–Kier alpha value is -3.11. The van der Waals surface area contributed by atoms with E-state index in [-0.39, 0.29) is 16.4 Å². The number of aromatic nitrogens is 3. The number of hydrogen-bond acceptors (Lipinski definition) is 6. The van der Waals surface area contributed by atoms with Crippen LogP contribution in [0.2, 0.25) is 5.02 Å². The third-order valence-corrected chi connectivity index (χ3v) is 5.16. The first-order valence-electron chi connectivity index (χ1n) is 7.42. The molecule has 0 saturated heterocycles. The van der Waals surface area contributed by atoms with Crippen molar-refractivity contribution in [3.8, 4) is 5.69 Å². The van der Waals surface area contributed by atoms with Crippen LogP contribution in [0.1, 0.15) is 0 Å². The number of hydrogen-bond donors (Lipinski definition) is 1. The Bertz CT molecular complexity index is 1210. The number of non-ortho nitro benzene ring substituents is 1. The summed E-state index contributed by atoms with van der Waals surface area (Å²) < 4.78 is 1.57. The van der Waals surface area contributed by atoms with Crippen molar-refractivity contribution in [3.05, 3.63) is 89.1 Å². The molecule has 1 aromatic heterocycles. The van der Waals surface area contributed by atoms with Crippen molar-refractivity contribution in [1.29, 1.82) is 0 Å². The van der Waals surface area contributed by atoms with Crippen molar-refractivity contribution < 1.29 is 4.92 Å². The lowest BCUT2D eigenvalue weighted by Crippen LogP contribution is -2.47. The van der Waals surface area contributed by atoms with Gasteiger partial charge in [-0.1, -0.05) is 23.4 Å². The molecule has 0 saturated carbocycles. The van der Waals surface area contributed by atoms with Gasteiger partial charge in [0.05, 0.1) is 15.6 Å². The fraction of sp³-hybridized carbons (Fsp3) is 0.0625. The van der Waals surface area contributed by atoms with Crippen molar-refractivity contribution in [2.24, 2.45) is 7.05 Å². The Morgan fingerprint density at radius 3 is 2.33 bits per heavy atom. The number of halogens is 1. The molecule has 0 bridgehead atoms. The molecule has 3 rings (SSSR count). The monoisotopic (exact) mass is 406 g/mol. The van der Waals surface area contributed by atoms with Gasteiger partial charge in [0, 0.05) is 29.0 Å². The van der Waals surface area contributed by atoms with Gasteiger partial charge >= 0.3 is 17.1 Å². The van der Waals surface area contributed by atoms with Crippen LogP contribution in [0.15, 0.2) is 66.6 Å². The first kappa shape index (κ1) is 18.7. The molecule has 0 fully saturated rings. The van der Waals surface area contributed by atoms with Crippen LogP contribution < -0.4 is 17.1 Å². The van der Waals surface area contributed by atoms with Crippen LogP contribution in [-0.2, 0) is 7.05 Å². The van der Waals surface area contributed by atoms with Crippen molar-refractivity contribution in [3.63, 3.8) is 0 Å². The summed E-state index contributed by atoms with van der Waals surface area (Å²) in [4.78, 5) is 49.2. The maximum Gasteiger partial charge on any atom is 0.340 e. The summed E-state index contributed by atoms with van der Waals surface area (Å²) in [6.45, 7) is 0. The topological polar surface area (TPSA) is 120 Å². The number of aromatic amines is 1. The highest BCUT2D eigenvalue weighted by molar-refractivity contribution is 7.99. The second-order valence-electron chi connectivity index (χ2n) is 5.38. The van der Waals surface area contributed by atoms with Gasteiger partial charge in [-0.2, -0.15) is 0 Å². The average molecular weight is 407 g/mol. The van der Waals surface area contributed by atoms with Crippen LogP contribution >= 0.6 is 23.4 Å². The normalized spacial score (nSPS) is 10.7. The number of nitrogens with zero attached hydrogens (tertiary/aromatic N) is 3. The second-order valence-corrected chi connectivity index (χ2v) is 6.90. The number of rotatable bonds is 4. The molecule has 27 heavy (non-hydrogen) atoms. The molecule has 0 radical (unpaired) electrons. The van der Waals surface area contributed by atoms with Crippen LogP contribution in [0, 0.1) is 10.1 Å². The van der Waals surface area contributed by atoms with Gasteiger partial charge < -0.3 is 0 Å². The summed E-state index contributed by atoms with van der Waals surface area (Å²) >= 11 is 7.53. The van der Waals surface area contributed by atoms with Crippen LogP contribution in [-0.4, -0.2) is 19.0 Å². The molecule has 138 valence electrons. The van der Waals surface area contributed by atoms with Gasteiger partial charge in [0.25, 0.3) is 5.69 Å². The molecule has 0 amide bonds. The summed E-state index contributed by atoms with van der Waals surface area (Å²) in [5.74, 6) is 0. The molecule has 1 N–H and O–H groups in total. The van der Waals surface area contributed by atoms with Crippen LogP contribution in [0.4, 0.5) is 5.69 Å². The minimum absolute atomic E-state index is 0.0194. The van der Waals surface area contributed by atoms with Crippen LogP contribution in [0.25, 0.3) is 5.69 Å². The zero-order valence-corrected chi connectivity index (χ0v) is 15.3. The van der Waals surface area contributed by atoms with E-state index in [1.54, 1.807) is 18.2 Å². The third-order valence-electron chi connectivity index (χ3n) is 3.65. The van der Waals surface area contributed by atoms with E-state index >= 15 is 0 Å². The number of H-pyrrole nitrogens is 1. The van der Waals surface area contributed by atoms with E-state index in [4.69, 9.17) is 11.6 Å². The molecule has 11 heteroatoms. The molecule has 0 atom stereocenters. The maximum atomic E-state index is 12.2. The van der Waals surface area contributed by atoms with Crippen molar-refractivity contribution in [2.75, 3.05) is 0 Å². The minimum atomic E-state index is -0.866. The third kappa shape index (κ3) is 3.71. The predicted molar refractivity (Wildman–Crippen MR) is 100 cm³/mol. The van der Waals surface area contributed by atoms with E-state index in [0.717, 1.165) is 14.0 Å². The van der Waals surface area contributed by atoms with Crippen molar-refractivity contribution in [1.82, 2.24) is 14.1 Å². The fourth-order valence-electron chi connectivity index (χ4n) is 2.26. The van der Waals surface area contributed by atoms with E-state index in [1.165, 1.54) is 43.1 Å². The summed E-state index contributed by atoms with van der Waals surface area (Å²) in [6, 6.07) is 10.5. The van der Waals surface area contributed by atoms with Gasteiger partial charge in [0.15, 0.2) is 0 Å². The minimum Gasteiger partial charge on any atom is -0.258 e. The molecule has 0 aliphatic heterocycles. The molecule has 0 aliphatic rings. The summed E-state index contributed by atoms with van der Waals surface area (Å²) in [7, 11) is 1.25. The Morgan fingerprint density at radius 1 is 1.07 bits per heavy atom. The lowest BCUT2D eigenvalue weighted by atomic mass is 10.3. The number of nitro benzene ring substituents is 1. The van der Waals surface area contributed by atoms with E-state index in [0.29, 0.717) is 4.90 Å². The van der Waals surface area contributed by atoms with Crippen molar-refractivity contribution in [2.45, 2.75) is 9.79 Å². The van der Waals surface area contributed by atoms with E-state index < -0.39 is 22.0 Å². The maximum absolute atomic E-state index is 12.2. The molecular formula is C16H11ClN4O5S. The lowest BCUT2D eigenvalue weighted by molar-refractivity contribution is -0.384. The quantitative estimate of drug-likeness (QED) is 0.522. The standard InChI is InChI=1S/C16H11ClN4O5S/c1-19-14(22)18-15(23)20(16(19)24)10-4-7-13(12(17)8-10)27-11-5-2-9(3-6-11)21(25)26/h2-8H,1H3,(H,18,22,23). The molecule has 9 nitrogen and oxygen atoms in total. The van der Waals surface area contributed by atoms with E-state index in [1.807, 2.05) is 4.98 Å². The van der Waals surface area contributed by atoms with E-state index in [9.17, 15) is 24.5 Å². The smallest absolute Gasteiger partial charge is 0.258 e. The highest BCUT2D eigenvalue weighted by Crippen LogP contribution is 2.34. The average Bonchev–Trinajstić information content (AvgIpc) is 2.62. The summed E-state index contributed by atoms with van der Waals surface area (Å²) in [5, 5.41) is 11.0. The molecule has 0 spiro atoms. The lowest BCUT2D eigenvalue weighted by Gasteiger charge is -2.09. The Balaban J connectivity index is 1.96. The van der Waals surface area contributed by atoms with Gasteiger partial charge in [-0.25, -0.2) is 23.5 Å². The first-order chi connectivity index (χ1) is 12.8. The van der Waals surface area contributed by atoms with Crippen LogP contribution in [0.5, 0.6) is 0 Å². The van der Waals surface area contributed by atoms with Crippen molar-refractivity contribution >= 4 is 29.1 Å². The van der Waals surface area contributed by atoms with Gasteiger partial charge in [-0.15, -0.1) is 0 Å². The Kier molecular flexibility index (Phi) is 5.02. The molecule has 1 heterocycles. The Labute approximate surface area is 160 Å². The highest BCUT2D eigenvalue weighted by Gasteiger charge is 2.12. The van der Waals surface area contributed by atoms with Gasteiger partial charge in [0.2, 0.25) is 0 Å². The number of benzene rings is 2. The molecule has 0 aliphatic carbocycles. The molecular weight excluding hydrogens is 396 g/mol. The molecule has 3 aromatic rings. The highest BCUT2D eigenvalue weighted by atomic mass is 35.5. The zero-order chi connectivity index (χ0) is 19.7. The summed E-state index contributed by atoms with van der Waals surface area (Å²) in [6.07, 6.45) is 0. The molecule has 0 unspecified atom stereocenters. The fourth-order valence-corrected chi connectivity index (χ4v) is 3.37. The second kappa shape index (κ2) is 7.25. The van der Waals surface area contributed by atoms with Gasteiger partial charge in [0.1, 0.15) is 0 Å². The summed E-state index contributed by atoms with van der Waals surface area (Å²) in [5.41, 5.74) is -2.28. The van der Waals surface area contributed by atoms with Gasteiger partial charge in [-0.05, 0) is 30.3 Å². The van der Waals surface area contributed by atoms with Gasteiger partial charge in [-0.3, -0.25) is 15.1 Å².